The lowest BCUT2D eigenvalue weighted by atomic mass is 9.93. The molecule has 17 heavy (non-hydrogen) atoms. The molecule has 0 radical (unpaired) electrons. The maximum absolute atomic E-state index is 11.8. The lowest BCUT2D eigenvalue weighted by molar-refractivity contribution is -0.118. The van der Waals surface area contributed by atoms with E-state index in [1.165, 1.54) is 12.8 Å². The molecular formula is C14H20N2O. The minimum absolute atomic E-state index is 0.337. The third-order valence-corrected chi connectivity index (χ3v) is 3.35. The van der Waals surface area contributed by atoms with E-state index in [2.05, 4.69) is 10.3 Å². The molecule has 1 aromatic rings. The lowest BCUT2D eigenvalue weighted by Gasteiger charge is -2.22. The van der Waals surface area contributed by atoms with Gasteiger partial charge in [-0.25, -0.2) is 0 Å². The Morgan fingerprint density at radius 1 is 1.53 bits per heavy atom. The van der Waals surface area contributed by atoms with Gasteiger partial charge >= 0.3 is 0 Å². The van der Waals surface area contributed by atoms with E-state index in [-0.39, 0.29) is 0 Å². The van der Waals surface area contributed by atoms with Crippen molar-refractivity contribution in [2.75, 3.05) is 13.1 Å². The highest BCUT2D eigenvalue weighted by Crippen LogP contribution is 2.16. The Bertz CT molecular complexity index is 344. The van der Waals surface area contributed by atoms with Crippen LogP contribution in [0, 0.1) is 5.92 Å². The van der Waals surface area contributed by atoms with Gasteiger partial charge in [0.1, 0.15) is 5.78 Å². The van der Waals surface area contributed by atoms with E-state index in [1.807, 2.05) is 12.1 Å². The second-order valence-corrected chi connectivity index (χ2v) is 4.83. The van der Waals surface area contributed by atoms with Crippen LogP contribution in [0.4, 0.5) is 0 Å². The quantitative estimate of drug-likeness (QED) is 0.844. The molecule has 3 heteroatoms. The Kier molecular flexibility index (Phi) is 4.68. The molecule has 3 nitrogen and oxygen atoms in total. The van der Waals surface area contributed by atoms with Crippen molar-refractivity contribution >= 4 is 5.78 Å². The fraction of sp³-hybridized carbons (Fsp3) is 0.571. The van der Waals surface area contributed by atoms with Crippen molar-refractivity contribution in [2.45, 2.75) is 32.1 Å². The highest BCUT2D eigenvalue weighted by Gasteiger charge is 2.14. The normalized spacial score (nSPS) is 20.1. The molecule has 1 N–H and O–H groups in total. The average Bonchev–Trinajstić information content (AvgIpc) is 2.39. The Hall–Kier alpha value is -1.22. The molecule has 0 aromatic carbocycles. The summed E-state index contributed by atoms with van der Waals surface area (Å²) in [5, 5.41) is 3.39. The van der Waals surface area contributed by atoms with Crippen LogP contribution in [0.25, 0.3) is 0 Å². The molecule has 2 rings (SSSR count). The van der Waals surface area contributed by atoms with Crippen LogP contribution < -0.4 is 5.32 Å². The van der Waals surface area contributed by atoms with E-state index in [4.69, 9.17) is 0 Å². The lowest BCUT2D eigenvalue weighted by Crippen LogP contribution is -2.30. The molecule has 0 spiro atoms. The number of hydrogen-bond donors (Lipinski definition) is 1. The number of piperidine rings is 1. The molecular weight excluding hydrogens is 212 g/mol. The first-order valence-electron chi connectivity index (χ1n) is 6.46. The Morgan fingerprint density at radius 3 is 3.18 bits per heavy atom. The number of pyridine rings is 1. The van der Waals surface area contributed by atoms with Gasteiger partial charge in [0.05, 0.1) is 0 Å². The smallest absolute Gasteiger partial charge is 0.137 e. The Labute approximate surface area is 103 Å². The SMILES string of the molecule is O=C(CCC1CCCNC1)Cc1cccnc1. The zero-order valence-corrected chi connectivity index (χ0v) is 10.2. The second-order valence-electron chi connectivity index (χ2n) is 4.83. The maximum atomic E-state index is 11.8. The highest BCUT2D eigenvalue weighted by molar-refractivity contribution is 5.80. The molecule has 1 saturated heterocycles. The predicted octanol–water partition coefficient (Wildman–Crippen LogP) is 1.97. The zero-order chi connectivity index (χ0) is 11.9. The molecule has 0 bridgehead atoms. The Balaban J connectivity index is 1.70. The van der Waals surface area contributed by atoms with Crippen molar-refractivity contribution in [2.24, 2.45) is 5.92 Å². The van der Waals surface area contributed by atoms with Gasteiger partial charge < -0.3 is 5.32 Å². The van der Waals surface area contributed by atoms with Crippen LogP contribution >= 0.6 is 0 Å². The van der Waals surface area contributed by atoms with Gasteiger partial charge in [0, 0.05) is 25.2 Å². The van der Waals surface area contributed by atoms with Crippen molar-refractivity contribution in [1.82, 2.24) is 10.3 Å². The van der Waals surface area contributed by atoms with Crippen molar-refractivity contribution in [3.8, 4) is 0 Å². The van der Waals surface area contributed by atoms with Gasteiger partial charge in [0.25, 0.3) is 0 Å². The molecule has 0 saturated carbocycles. The number of hydrogen-bond acceptors (Lipinski definition) is 3. The molecule has 1 atom stereocenters. The van der Waals surface area contributed by atoms with E-state index < -0.39 is 0 Å². The van der Waals surface area contributed by atoms with Crippen molar-refractivity contribution < 1.29 is 4.79 Å². The van der Waals surface area contributed by atoms with E-state index in [9.17, 15) is 4.79 Å². The molecule has 0 amide bonds. The van der Waals surface area contributed by atoms with Crippen molar-refractivity contribution in [3.05, 3.63) is 30.1 Å². The number of carbonyl (C=O) groups is 1. The first-order valence-corrected chi connectivity index (χ1v) is 6.46. The van der Waals surface area contributed by atoms with Gasteiger partial charge in [-0.1, -0.05) is 6.07 Å². The topological polar surface area (TPSA) is 42.0 Å². The van der Waals surface area contributed by atoms with Gasteiger partial charge in [-0.2, -0.15) is 0 Å². The molecule has 0 aliphatic carbocycles. The van der Waals surface area contributed by atoms with Crippen LogP contribution in [0.15, 0.2) is 24.5 Å². The van der Waals surface area contributed by atoms with Crippen LogP contribution in [-0.4, -0.2) is 23.9 Å². The van der Waals surface area contributed by atoms with Crippen LogP contribution in [0.5, 0.6) is 0 Å². The Morgan fingerprint density at radius 2 is 2.47 bits per heavy atom. The number of ketones is 1. The van der Waals surface area contributed by atoms with Gasteiger partial charge in [-0.05, 0) is 49.9 Å². The highest BCUT2D eigenvalue weighted by atomic mass is 16.1. The average molecular weight is 232 g/mol. The number of Topliss-reactive ketones (excluding diaryl/α,β-unsaturated/α-hetero) is 1. The largest absolute Gasteiger partial charge is 0.316 e. The second kappa shape index (κ2) is 6.50. The number of nitrogens with one attached hydrogen (secondary N) is 1. The first-order chi connectivity index (χ1) is 8.34. The number of carbonyl (C=O) groups excluding carboxylic acids is 1. The third-order valence-electron chi connectivity index (χ3n) is 3.35. The summed E-state index contributed by atoms with van der Waals surface area (Å²) < 4.78 is 0. The van der Waals surface area contributed by atoms with Crippen LogP contribution in [0.1, 0.15) is 31.2 Å². The van der Waals surface area contributed by atoms with Gasteiger partial charge in [0.2, 0.25) is 0 Å². The van der Waals surface area contributed by atoms with Crippen LogP contribution in [-0.2, 0) is 11.2 Å². The molecule has 1 aromatic heterocycles. The minimum atomic E-state index is 0.337. The molecule has 1 aliphatic rings. The zero-order valence-electron chi connectivity index (χ0n) is 10.2. The summed E-state index contributed by atoms with van der Waals surface area (Å²) in [7, 11) is 0. The number of aromatic nitrogens is 1. The van der Waals surface area contributed by atoms with Crippen LogP contribution in [0.2, 0.25) is 0 Å². The summed E-state index contributed by atoms with van der Waals surface area (Å²) in [6.07, 6.45) is 8.32. The fourth-order valence-electron chi connectivity index (χ4n) is 2.35. The third kappa shape index (κ3) is 4.27. The van der Waals surface area contributed by atoms with E-state index in [1.54, 1.807) is 12.4 Å². The summed E-state index contributed by atoms with van der Waals surface area (Å²) in [5.74, 6) is 1.03. The maximum Gasteiger partial charge on any atom is 0.137 e. The summed E-state index contributed by atoms with van der Waals surface area (Å²) in [6.45, 7) is 2.22. The van der Waals surface area contributed by atoms with Crippen molar-refractivity contribution in [3.63, 3.8) is 0 Å². The summed E-state index contributed by atoms with van der Waals surface area (Å²) in [4.78, 5) is 15.8. The molecule has 92 valence electrons. The van der Waals surface area contributed by atoms with E-state index in [0.717, 1.165) is 25.1 Å². The standard InChI is InChI=1S/C14H20N2O/c17-14(9-13-4-2-8-16-11-13)6-5-12-3-1-7-15-10-12/h2,4,8,11-12,15H,1,3,5-7,9-10H2. The number of nitrogens with zero attached hydrogens (tertiary/aromatic N) is 1. The van der Waals surface area contributed by atoms with Crippen LogP contribution in [0.3, 0.4) is 0 Å². The van der Waals surface area contributed by atoms with Gasteiger partial charge in [-0.15, -0.1) is 0 Å². The monoisotopic (exact) mass is 232 g/mol. The predicted molar refractivity (Wildman–Crippen MR) is 67.8 cm³/mol. The van der Waals surface area contributed by atoms with E-state index in [0.29, 0.717) is 24.5 Å². The van der Waals surface area contributed by atoms with Gasteiger partial charge in [-0.3, -0.25) is 9.78 Å². The summed E-state index contributed by atoms with van der Waals surface area (Å²) in [6, 6.07) is 3.85. The first kappa shape index (κ1) is 12.2. The molecule has 2 heterocycles. The molecule has 1 aliphatic heterocycles. The number of rotatable bonds is 5. The molecule has 1 fully saturated rings. The summed E-state index contributed by atoms with van der Waals surface area (Å²) >= 11 is 0. The minimum Gasteiger partial charge on any atom is -0.316 e. The fourth-order valence-corrected chi connectivity index (χ4v) is 2.35. The van der Waals surface area contributed by atoms with Gasteiger partial charge in [0.15, 0.2) is 0 Å². The summed E-state index contributed by atoms with van der Waals surface area (Å²) in [5.41, 5.74) is 1.03. The van der Waals surface area contributed by atoms with Crippen molar-refractivity contribution in [1.29, 1.82) is 0 Å². The molecule has 1 unspecified atom stereocenters. The van der Waals surface area contributed by atoms with E-state index >= 15 is 0 Å².